The molecule has 0 spiro atoms. The highest BCUT2D eigenvalue weighted by atomic mass is 16.2. The number of para-hydroxylation sites is 1. The van der Waals surface area contributed by atoms with E-state index in [2.05, 4.69) is 10.4 Å². The van der Waals surface area contributed by atoms with Crippen LogP contribution in [0.15, 0.2) is 67.0 Å². The van der Waals surface area contributed by atoms with Gasteiger partial charge in [-0.3, -0.25) is 9.59 Å². The third-order valence-electron chi connectivity index (χ3n) is 4.18. The zero-order valence-corrected chi connectivity index (χ0v) is 15.4. The number of amides is 2. The average molecular weight is 362 g/mol. The van der Waals surface area contributed by atoms with Gasteiger partial charge in [-0.1, -0.05) is 35.9 Å². The first-order chi connectivity index (χ1) is 13.0. The monoisotopic (exact) mass is 362 g/mol. The quantitative estimate of drug-likeness (QED) is 0.733. The number of aryl methyl sites for hydroxylation is 1. The van der Waals surface area contributed by atoms with Crippen molar-refractivity contribution in [1.82, 2.24) is 20.0 Å². The van der Waals surface area contributed by atoms with Crippen LogP contribution in [0.3, 0.4) is 0 Å². The van der Waals surface area contributed by atoms with Gasteiger partial charge in [-0.25, -0.2) is 4.68 Å². The topological polar surface area (TPSA) is 67.2 Å². The molecule has 0 atom stereocenters. The minimum absolute atomic E-state index is 0.0455. The van der Waals surface area contributed by atoms with Crippen LogP contribution in [0.5, 0.6) is 0 Å². The average Bonchev–Trinajstić information content (AvgIpc) is 3.15. The van der Waals surface area contributed by atoms with E-state index < -0.39 is 0 Å². The minimum Gasteiger partial charge on any atom is -0.343 e. The van der Waals surface area contributed by atoms with Gasteiger partial charge in [-0.15, -0.1) is 0 Å². The molecule has 0 radical (unpaired) electrons. The van der Waals surface area contributed by atoms with Gasteiger partial charge in [-0.05, 0) is 31.2 Å². The molecule has 1 N–H and O–H groups in total. The molecule has 6 heteroatoms. The lowest BCUT2D eigenvalue weighted by Gasteiger charge is -2.16. The lowest BCUT2D eigenvalue weighted by molar-refractivity contribution is -0.129. The third-order valence-corrected chi connectivity index (χ3v) is 4.18. The maximum atomic E-state index is 12.3. The number of nitrogens with one attached hydrogen (secondary N) is 1. The van der Waals surface area contributed by atoms with E-state index in [9.17, 15) is 9.59 Å². The highest BCUT2D eigenvalue weighted by molar-refractivity contribution is 5.96. The van der Waals surface area contributed by atoms with Gasteiger partial charge in [0.25, 0.3) is 5.91 Å². The molecule has 1 heterocycles. The molecular weight excluding hydrogens is 340 g/mol. The molecule has 0 fully saturated rings. The molecule has 0 aliphatic rings. The molecule has 138 valence electrons. The molecule has 6 nitrogen and oxygen atoms in total. The van der Waals surface area contributed by atoms with Crippen LogP contribution in [0.4, 0.5) is 0 Å². The van der Waals surface area contributed by atoms with Crippen LogP contribution in [-0.4, -0.2) is 40.1 Å². The summed E-state index contributed by atoms with van der Waals surface area (Å²) in [7, 11) is 1.71. The largest absolute Gasteiger partial charge is 0.343 e. The molecule has 0 unspecified atom stereocenters. The van der Waals surface area contributed by atoms with Crippen molar-refractivity contribution in [2.75, 3.05) is 13.6 Å². The number of benzene rings is 2. The van der Waals surface area contributed by atoms with Crippen molar-refractivity contribution in [3.63, 3.8) is 0 Å². The van der Waals surface area contributed by atoms with Crippen molar-refractivity contribution in [3.8, 4) is 5.69 Å². The Labute approximate surface area is 158 Å². The Balaban J connectivity index is 1.53. The van der Waals surface area contributed by atoms with Crippen molar-refractivity contribution in [2.24, 2.45) is 0 Å². The minimum atomic E-state index is -0.252. The fraction of sp³-hybridized carbons (Fsp3) is 0.190. The maximum absolute atomic E-state index is 12.3. The first-order valence-corrected chi connectivity index (χ1v) is 8.71. The number of hydrogen-bond acceptors (Lipinski definition) is 3. The van der Waals surface area contributed by atoms with Crippen LogP contribution >= 0.6 is 0 Å². The summed E-state index contributed by atoms with van der Waals surface area (Å²) in [5, 5.41) is 7.00. The van der Waals surface area contributed by atoms with E-state index in [0.29, 0.717) is 12.1 Å². The van der Waals surface area contributed by atoms with Crippen molar-refractivity contribution in [1.29, 1.82) is 0 Å². The molecule has 3 rings (SSSR count). The number of aromatic nitrogens is 2. The Hall–Kier alpha value is -3.41. The van der Waals surface area contributed by atoms with E-state index in [1.807, 2.05) is 55.6 Å². The van der Waals surface area contributed by atoms with Crippen molar-refractivity contribution in [2.45, 2.75) is 13.5 Å². The second kappa shape index (κ2) is 8.31. The molecule has 0 saturated heterocycles. The zero-order valence-electron chi connectivity index (χ0n) is 15.4. The van der Waals surface area contributed by atoms with E-state index in [1.165, 1.54) is 0 Å². The molecule has 0 bridgehead atoms. The van der Waals surface area contributed by atoms with Crippen LogP contribution in [0, 0.1) is 6.92 Å². The first-order valence-electron chi connectivity index (χ1n) is 8.71. The highest BCUT2D eigenvalue weighted by Gasteiger charge is 2.13. The normalized spacial score (nSPS) is 10.4. The second-order valence-electron chi connectivity index (χ2n) is 6.43. The predicted molar refractivity (Wildman–Crippen MR) is 104 cm³/mol. The van der Waals surface area contributed by atoms with Gasteiger partial charge >= 0.3 is 0 Å². The van der Waals surface area contributed by atoms with Crippen LogP contribution < -0.4 is 5.32 Å². The van der Waals surface area contributed by atoms with Crippen LogP contribution in [-0.2, 0) is 11.3 Å². The number of carbonyl (C=O) groups is 2. The van der Waals surface area contributed by atoms with Gasteiger partial charge < -0.3 is 10.2 Å². The smallest absolute Gasteiger partial charge is 0.251 e. The van der Waals surface area contributed by atoms with E-state index in [0.717, 1.165) is 16.8 Å². The van der Waals surface area contributed by atoms with Crippen LogP contribution in [0.1, 0.15) is 21.5 Å². The maximum Gasteiger partial charge on any atom is 0.251 e. The predicted octanol–water partition coefficient (Wildman–Crippen LogP) is 2.57. The Morgan fingerprint density at radius 3 is 2.63 bits per heavy atom. The summed E-state index contributed by atoms with van der Waals surface area (Å²) in [5.41, 5.74) is 3.43. The van der Waals surface area contributed by atoms with Crippen molar-refractivity contribution >= 4 is 11.8 Å². The number of rotatable bonds is 6. The van der Waals surface area contributed by atoms with Crippen LogP contribution in [0.25, 0.3) is 5.69 Å². The van der Waals surface area contributed by atoms with Crippen LogP contribution in [0.2, 0.25) is 0 Å². The van der Waals surface area contributed by atoms with E-state index in [1.54, 1.807) is 35.0 Å². The molecule has 3 aromatic rings. The van der Waals surface area contributed by atoms with Gasteiger partial charge in [0.05, 0.1) is 18.4 Å². The Morgan fingerprint density at radius 1 is 1.11 bits per heavy atom. The standard InChI is InChI=1S/C21H22N4O2/c1-16-7-6-8-18(11-16)21(27)22-13-20(26)24(2)14-17-12-23-25(15-17)19-9-4-3-5-10-19/h3-12,15H,13-14H2,1-2H3,(H,22,27). The van der Waals surface area contributed by atoms with Gasteiger partial charge in [0.1, 0.15) is 0 Å². The molecule has 2 aromatic carbocycles. The summed E-state index contributed by atoms with van der Waals surface area (Å²) in [6.45, 7) is 2.30. The molecule has 2 amide bonds. The molecular formula is C21H22N4O2. The van der Waals surface area contributed by atoms with Gasteiger partial charge in [-0.2, -0.15) is 5.10 Å². The summed E-state index contributed by atoms with van der Waals surface area (Å²) < 4.78 is 1.77. The molecule has 0 saturated carbocycles. The van der Waals surface area contributed by atoms with E-state index >= 15 is 0 Å². The van der Waals surface area contributed by atoms with Crippen molar-refractivity contribution < 1.29 is 9.59 Å². The Kier molecular flexibility index (Phi) is 5.66. The van der Waals surface area contributed by atoms with E-state index in [-0.39, 0.29) is 18.4 Å². The highest BCUT2D eigenvalue weighted by Crippen LogP contribution is 2.09. The molecule has 27 heavy (non-hydrogen) atoms. The zero-order chi connectivity index (χ0) is 19.2. The van der Waals surface area contributed by atoms with Gasteiger partial charge in [0, 0.05) is 30.9 Å². The summed E-state index contributed by atoms with van der Waals surface area (Å²) in [4.78, 5) is 26.0. The number of nitrogens with zero attached hydrogens (tertiary/aromatic N) is 3. The summed E-state index contributed by atoms with van der Waals surface area (Å²) in [5.74, 6) is -0.416. The third kappa shape index (κ3) is 4.82. The van der Waals surface area contributed by atoms with Gasteiger partial charge in [0.15, 0.2) is 0 Å². The lowest BCUT2D eigenvalue weighted by atomic mass is 10.1. The molecule has 0 aliphatic carbocycles. The lowest BCUT2D eigenvalue weighted by Crippen LogP contribution is -2.37. The number of hydrogen-bond donors (Lipinski definition) is 1. The fourth-order valence-electron chi connectivity index (χ4n) is 2.70. The summed E-state index contributed by atoms with van der Waals surface area (Å²) in [6, 6.07) is 17.0. The second-order valence-corrected chi connectivity index (χ2v) is 6.43. The summed E-state index contributed by atoms with van der Waals surface area (Å²) in [6.07, 6.45) is 3.63. The van der Waals surface area contributed by atoms with E-state index in [4.69, 9.17) is 0 Å². The molecule has 1 aromatic heterocycles. The summed E-state index contributed by atoms with van der Waals surface area (Å²) >= 11 is 0. The number of carbonyl (C=O) groups excluding carboxylic acids is 2. The Morgan fingerprint density at radius 2 is 1.89 bits per heavy atom. The Bertz CT molecular complexity index is 934. The first kappa shape index (κ1) is 18.4. The molecule has 0 aliphatic heterocycles. The SMILES string of the molecule is Cc1cccc(C(=O)NCC(=O)N(C)Cc2cnn(-c3ccccc3)c2)c1. The van der Waals surface area contributed by atoms with Gasteiger partial charge in [0.2, 0.25) is 5.91 Å². The fourth-order valence-corrected chi connectivity index (χ4v) is 2.70. The van der Waals surface area contributed by atoms with Crippen molar-refractivity contribution in [3.05, 3.63) is 83.7 Å². The number of likely N-dealkylation sites (N-methyl/N-ethyl adjacent to an activating group) is 1.